The van der Waals surface area contributed by atoms with E-state index >= 15 is 0 Å². The molecule has 0 radical (unpaired) electrons. The zero-order valence-electron chi connectivity index (χ0n) is 9.78. The van der Waals surface area contributed by atoms with Crippen LogP contribution >= 0.6 is 10.7 Å². The molecular formula is C11H15ClFNO2S. The highest BCUT2D eigenvalue weighted by Crippen LogP contribution is 2.23. The summed E-state index contributed by atoms with van der Waals surface area (Å²) in [7, 11) is 1.38. The Morgan fingerprint density at radius 3 is 2.35 bits per heavy atom. The van der Waals surface area contributed by atoms with E-state index in [9.17, 15) is 12.8 Å². The van der Waals surface area contributed by atoms with Gasteiger partial charge in [0.2, 0.25) is 0 Å². The van der Waals surface area contributed by atoms with Gasteiger partial charge in [-0.2, -0.15) is 0 Å². The van der Waals surface area contributed by atoms with E-state index in [-0.39, 0.29) is 17.0 Å². The van der Waals surface area contributed by atoms with Crippen LogP contribution in [0.1, 0.15) is 19.4 Å². The first-order valence-corrected chi connectivity index (χ1v) is 7.65. The predicted molar refractivity (Wildman–Crippen MR) is 66.1 cm³/mol. The lowest BCUT2D eigenvalue weighted by Gasteiger charge is -2.19. The number of nitrogens with zero attached hydrogens (tertiary/aromatic N) is 1. The first kappa shape index (κ1) is 14.4. The second-order valence-corrected chi connectivity index (χ2v) is 6.15. The Hall–Kier alpha value is -0.650. The lowest BCUT2D eigenvalue weighted by atomic mass is 10.2. The molecule has 0 N–H and O–H groups in total. The summed E-state index contributed by atoms with van der Waals surface area (Å²) in [5.74, 6) is -0.543. The highest BCUT2D eigenvalue weighted by atomic mass is 35.7. The van der Waals surface area contributed by atoms with Gasteiger partial charge < -0.3 is 0 Å². The van der Waals surface area contributed by atoms with Gasteiger partial charge >= 0.3 is 0 Å². The smallest absolute Gasteiger partial charge is 0.261 e. The molecular weight excluding hydrogens is 265 g/mol. The maximum absolute atomic E-state index is 13.7. The van der Waals surface area contributed by atoms with Crippen LogP contribution in [0.4, 0.5) is 4.39 Å². The fourth-order valence-corrected chi connectivity index (χ4v) is 2.72. The van der Waals surface area contributed by atoms with Crippen LogP contribution in [0, 0.1) is 5.82 Å². The van der Waals surface area contributed by atoms with E-state index in [1.165, 1.54) is 18.2 Å². The van der Waals surface area contributed by atoms with Crippen molar-refractivity contribution in [2.24, 2.45) is 0 Å². The Morgan fingerprint density at radius 1 is 1.29 bits per heavy atom. The topological polar surface area (TPSA) is 37.4 Å². The molecule has 0 aliphatic heterocycles. The van der Waals surface area contributed by atoms with Crippen molar-refractivity contribution in [3.05, 3.63) is 29.6 Å². The average Bonchev–Trinajstić information content (AvgIpc) is 2.26. The second kappa shape index (κ2) is 5.80. The Morgan fingerprint density at radius 2 is 1.88 bits per heavy atom. The molecule has 0 heterocycles. The Balaban J connectivity index is 3.22. The summed E-state index contributed by atoms with van der Waals surface area (Å²) in [5, 5.41) is 0. The van der Waals surface area contributed by atoms with E-state index in [2.05, 4.69) is 0 Å². The molecule has 0 saturated carbocycles. The van der Waals surface area contributed by atoms with Crippen molar-refractivity contribution in [3.8, 4) is 0 Å². The molecule has 0 unspecified atom stereocenters. The van der Waals surface area contributed by atoms with Gasteiger partial charge in [0.15, 0.2) is 0 Å². The minimum atomic E-state index is -3.91. The highest BCUT2D eigenvalue weighted by Gasteiger charge is 2.19. The summed E-state index contributed by atoms with van der Waals surface area (Å²) in [5.41, 5.74) is 0.131. The third kappa shape index (κ3) is 3.66. The largest absolute Gasteiger partial charge is 0.299 e. The second-order valence-electron chi connectivity index (χ2n) is 3.62. The first-order valence-electron chi connectivity index (χ1n) is 5.34. The van der Waals surface area contributed by atoms with E-state index in [0.717, 1.165) is 0 Å². The fourth-order valence-electron chi connectivity index (χ4n) is 1.59. The third-order valence-corrected chi connectivity index (χ3v) is 4.02. The Kier molecular flexibility index (Phi) is 4.91. The molecule has 0 aliphatic rings. The van der Waals surface area contributed by atoms with Gasteiger partial charge in [-0.3, -0.25) is 4.90 Å². The first-order chi connectivity index (χ1) is 7.90. The van der Waals surface area contributed by atoms with Gasteiger partial charge in [-0.05, 0) is 25.2 Å². The van der Waals surface area contributed by atoms with Crippen molar-refractivity contribution in [2.75, 3.05) is 13.1 Å². The third-order valence-electron chi connectivity index (χ3n) is 2.61. The maximum atomic E-state index is 13.7. The van der Waals surface area contributed by atoms with Gasteiger partial charge in [-0.1, -0.05) is 19.9 Å². The lowest BCUT2D eigenvalue weighted by Crippen LogP contribution is -2.23. The highest BCUT2D eigenvalue weighted by molar-refractivity contribution is 8.13. The van der Waals surface area contributed by atoms with Crippen LogP contribution in [0.25, 0.3) is 0 Å². The van der Waals surface area contributed by atoms with Crippen molar-refractivity contribution in [1.82, 2.24) is 4.90 Å². The molecule has 0 fully saturated rings. The fraction of sp³-hybridized carbons (Fsp3) is 0.455. The van der Waals surface area contributed by atoms with Gasteiger partial charge in [-0.15, -0.1) is 0 Å². The number of hydrogen-bond acceptors (Lipinski definition) is 3. The number of hydrogen-bond donors (Lipinski definition) is 0. The van der Waals surface area contributed by atoms with Crippen molar-refractivity contribution in [1.29, 1.82) is 0 Å². The van der Waals surface area contributed by atoms with Gasteiger partial charge in [0.25, 0.3) is 9.05 Å². The van der Waals surface area contributed by atoms with Crippen LogP contribution in [0.3, 0.4) is 0 Å². The molecule has 17 heavy (non-hydrogen) atoms. The minimum Gasteiger partial charge on any atom is -0.299 e. The molecule has 0 amide bonds. The lowest BCUT2D eigenvalue weighted by molar-refractivity contribution is 0.288. The summed E-state index contributed by atoms with van der Waals surface area (Å²) in [6, 6.07) is 3.91. The average molecular weight is 280 g/mol. The number of benzene rings is 1. The summed E-state index contributed by atoms with van der Waals surface area (Å²) >= 11 is 0. The van der Waals surface area contributed by atoms with Crippen molar-refractivity contribution >= 4 is 19.7 Å². The van der Waals surface area contributed by atoms with Gasteiger partial charge in [0, 0.05) is 22.8 Å². The van der Waals surface area contributed by atoms with Crippen LogP contribution in [0.2, 0.25) is 0 Å². The van der Waals surface area contributed by atoms with Crippen LogP contribution in [-0.2, 0) is 15.6 Å². The summed E-state index contributed by atoms with van der Waals surface area (Å²) in [6.45, 7) is 5.53. The molecule has 0 saturated heterocycles. The Labute approximate surface area is 106 Å². The maximum Gasteiger partial charge on any atom is 0.261 e. The van der Waals surface area contributed by atoms with Crippen LogP contribution in [0.5, 0.6) is 0 Å². The van der Waals surface area contributed by atoms with Crippen LogP contribution in [0.15, 0.2) is 23.1 Å². The predicted octanol–water partition coefficient (Wildman–Crippen LogP) is 2.60. The molecule has 1 aromatic rings. The van der Waals surface area contributed by atoms with Crippen LogP contribution < -0.4 is 0 Å². The zero-order valence-corrected chi connectivity index (χ0v) is 11.4. The van der Waals surface area contributed by atoms with Crippen molar-refractivity contribution in [3.63, 3.8) is 0 Å². The quantitative estimate of drug-likeness (QED) is 0.778. The SMILES string of the molecule is CCN(CC)Cc1c(F)cccc1S(=O)(=O)Cl. The van der Waals surface area contributed by atoms with E-state index in [1.54, 1.807) is 0 Å². The molecule has 6 heteroatoms. The molecule has 0 aliphatic carbocycles. The van der Waals surface area contributed by atoms with Gasteiger partial charge in [0.1, 0.15) is 5.82 Å². The molecule has 3 nitrogen and oxygen atoms in total. The minimum absolute atomic E-state index is 0.131. The van der Waals surface area contributed by atoms with E-state index in [0.29, 0.717) is 13.1 Å². The summed E-state index contributed by atoms with van der Waals surface area (Å²) < 4.78 is 36.4. The molecule has 0 bridgehead atoms. The van der Waals surface area contributed by atoms with Gasteiger partial charge in [-0.25, -0.2) is 12.8 Å². The molecule has 96 valence electrons. The summed E-state index contributed by atoms with van der Waals surface area (Å²) in [4.78, 5) is 1.77. The number of halogens is 2. The van der Waals surface area contributed by atoms with E-state index in [1.807, 2.05) is 18.7 Å². The van der Waals surface area contributed by atoms with Crippen molar-refractivity contribution < 1.29 is 12.8 Å². The molecule has 1 rings (SSSR count). The zero-order chi connectivity index (χ0) is 13.1. The van der Waals surface area contributed by atoms with Crippen LogP contribution in [-0.4, -0.2) is 26.4 Å². The molecule has 0 atom stereocenters. The standard InChI is InChI=1S/C11H15ClFNO2S/c1-3-14(4-2)8-9-10(13)6-5-7-11(9)17(12,15)16/h5-7H,3-4,8H2,1-2H3. The number of rotatable bonds is 5. The normalized spacial score (nSPS) is 12.1. The molecule has 0 spiro atoms. The van der Waals surface area contributed by atoms with E-state index in [4.69, 9.17) is 10.7 Å². The van der Waals surface area contributed by atoms with E-state index < -0.39 is 14.9 Å². The Bertz CT molecular complexity index is 486. The molecule has 1 aromatic carbocycles. The molecule has 0 aromatic heterocycles. The van der Waals surface area contributed by atoms with Crippen molar-refractivity contribution in [2.45, 2.75) is 25.3 Å². The monoisotopic (exact) mass is 279 g/mol. The van der Waals surface area contributed by atoms with Gasteiger partial charge in [0.05, 0.1) is 4.90 Å². The summed E-state index contributed by atoms with van der Waals surface area (Å²) in [6.07, 6.45) is 0.